The lowest BCUT2D eigenvalue weighted by atomic mass is 10.2. The monoisotopic (exact) mass is 377 g/mol. The van der Waals surface area contributed by atoms with Crippen LogP contribution in [0.2, 0.25) is 0 Å². The Morgan fingerprint density at radius 3 is 2.71 bits per heavy atom. The summed E-state index contributed by atoms with van der Waals surface area (Å²) in [5.41, 5.74) is 3.32. The van der Waals surface area contributed by atoms with E-state index in [2.05, 4.69) is 42.6 Å². The van der Waals surface area contributed by atoms with E-state index in [9.17, 15) is 0 Å². The first kappa shape index (κ1) is 19.2. The predicted octanol–water partition coefficient (Wildman–Crippen LogP) is 4.16. The highest BCUT2D eigenvalue weighted by Crippen LogP contribution is 2.30. The molecule has 0 amide bonds. The van der Waals surface area contributed by atoms with Gasteiger partial charge in [0.15, 0.2) is 5.82 Å². The molecule has 3 N–H and O–H groups in total. The third-order valence-corrected chi connectivity index (χ3v) is 4.08. The second-order valence-corrected chi connectivity index (χ2v) is 6.31. The first-order chi connectivity index (χ1) is 13.6. The maximum atomic E-state index is 7.44. The average molecular weight is 377 g/mol. The van der Waals surface area contributed by atoms with Crippen LogP contribution in [0.1, 0.15) is 23.9 Å². The summed E-state index contributed by atoms with van der Waals surface area (Å²) in [5.74, 6) is 2.54. The zero-order valence-corrected chi connectivity index (χ0v) is 16.2. The molecule has 0 aliphatic rings. The summed E-state index contributed by atoms with van der Waals surface area (Å²) in [4.78, 5) is 12.4. The van der Waals surface area contributed by atoms with E-state index in [1.807, 2.05) is 38.1 Å². The summed E-state index contributed by atoms with van der Waals surface area (Å²) in [6.45, 7) is 14.3. The van der Waals surface area contributed by atoms with Crippen LogP contribution in [-0.2, 0) is 6.42 Å². The predicted molar refractivity (Wildman–Crippen MR) is 109 cm³/mol. The molecule has 3 aromatic heterocycles. The number of nitrogens with one attached hydrogen (secondary N) is 3. The number of H-pyrrole nitrogens is 1. The van der Waals surface area contributed by atoms with E-state index in [1.165, 1.54) is 0 Å². The molecule has 8 nitrogen and oxygen atoms in total. The van der Waals surface area contributed by atoms with E-state index in [1.54, 1.807) is 6.20 Å². The molecule has 28 heavy (non-hydrogen) atoms. The Hall–Kier alpha value is -3.60. The quantitative estimate of drug-likeness (QED) is 0.403. The van der Waals surface area contributed by atoms with Crippen molar-refractivity contribution in [1.82, 2.24) is 20.2 Å². The van der Waals surface area contributed by atoms with Crippen molar-refractivity contribution in [2.75, 3.05) is 23.8 Å². The minimum Gasteiger partial charge on any atom is -0.490 e. The lowest BCUT2D eigenvalue weighted by Gasteiger charge is -2.13. The number of hydrogen-bond donors (Lipinski definition) is 3. The van der Waals surface area contributed by atoms with Crippen LogP contribution >= 0.6 is 0 Å². The standard InChI is InChI=1S/C20H23N7O/c1-5-15-6-7-16(12-23-15)28-9-8-22-20-19(21-4)13(2)10-17(25-20)24-18-11-14(3)26-27-18/h6-7,10-12H,5,8-9H2,1-3H3,(H3,22,24,25,26,27). The lowest BCUT2D eigenvalue weighted by Crippen LogP contribution is -2.13. The van der Waals surface area contributed by atoms with Gasteiger partial charge in [0.1, 0.15) is 24.0 Å². The summed E-state index contributed by atoms with van der Waals surface area (Å²) >= 11 is 0. The van der Waals surface area contributed by atoms with Gasteiger partial charge in [-0.25, -0.2) is 9.83 Å². The third kappa shape index (κ3) is 4.76. The molecular weight excluding hydrogens is 354 g/mol. The summed E-state index contributed by atoms with van der Waals surface area (Å²) in [6, 6.07) is 7.59. The fourth-order valence-corrected chi connectivity index (χ4v) is 2.65. The SMILES string of the molecule is [C-]#[N+]c1c(C)cc(Nc2cc(C)[nH]n2)nc1NCCOc1ccc(CC)nc1. The molecule has 0 aliphatic carbocycles. The molecule has 144 valence electrons. The van der Waals surface area contributed by atoms with Crippen LogP contribution in [0, 0.1) is 20.4 Å². The topological polar surface area (TPSA) is 92.1 Å². The third-order valence-electron chi connectivity index (χ3n) is 4.08. The summed E-state index contributed by atoms with van der Waals surface area (Å²) in [6.07, 6.45) is 2.62. The smallest absolute Gasteiger partial charge is 0.231 e. The minimum atomic E-state index is 0.432. The van der Waals surface area contributed by atoms with Gasteiger partial charge in [-0.1, -0.05) is 6.92 Å². The van der Waals surface area contributed by atoms with Crippen molar-refractivity contribution < 1.29 is 4.74 Å². The number of hydrogen-bond acceptors (Lipinski definition) is 6. The molecule has 0 saturated carbocycles. The number of nitrogens with zero attached hydrogens (tertiary/aromatic N) is 4. The largest absolute Gasteiger partial charge is 0.490 e. The highest BCUT2D eigenvalue weighted by molar-refractivity contribution is 5.73. The molecule has 0 spiro atoms. The van der Waals surface area contributed by atoms with Gasteiger partial charge in [0.05, 0.1) is 12.8 Å². The van der Waals surface area contributed by atoms with Gasteiger partial charge in [-0.2, -0.15) is 5.10 Å². The number of rotatable bonds is 8. The molecule has 0 aliphatic heterocycles. The molecule has 8 heteroatoms. The van der Waals surface area contributed by atoms with Gasteiger partial charge in [-0.15, -0.1) is 0 Å². The first-order valence-electron chi connectivity index (χ1n) is 9.08. The fraction of sp³-hybridized carbons (Fsp3) is 0.300. The van der Waals surface area contributed by atoms with Gasteiger partial charge in [0, 0.05) is 24.0 Å². The zero-order chi connectivity index (χ0) is 19.9. The fourth-order valence-electron chi connectivity index (χ4n) is 2.65. The van der Waals surface area contributed by atoms with Crippen molar-refractivity contribution >= 4 is 23.1 Å². The van der Waals surface area contributed by atoms with Gasteiger partial charge in [-0.05, 0) is 44.0 Å². The Kier molecular flexibility index (Phi) is 6.07. The van der Waals surface area contributed by atoms with Crippen molar-refractivity contribution in [2.24, 2.45) is 0 Å². The van der Waals surface area contributed by atoms with Gasteiger partial charge < -0.3 is 15.4 Å². The first-order valence-corrected chi connectivity index (χ1v) is 9.08. The van der Waals surface area contributed by atoms with Crippen LogP contribution in [0.5, 0.6) is 5.75 Å². The van der Waals surface area contributed by atoms with Crippen molar-refractivity contribution in [3.8, 4) is 5.75 Å². The van der Waals surface area contributed by atoms with Crippen molar-refractivity contribution in [2.45, 2.75) is 27.2 Å². The number of aromatic nitrogens is 4. The van der Waals surface area contributed by atoms with E-state index in [0.29, 0.717) is 36.3 Å². The Morgan fingerprint density at radius 1 is 1.21 bits per heavy atom. The molecule has 0 saturated heterocycles. The van der Waals surface area contributed by atoms with Gasteiger partial charge in [-0.3, -0.25) is 10.1 Å². The normalized spacial score (nSPS) is 10.4. The second-order valence-electron chi connectivity index (χ2n) is 6.31. The average Bonchev–Trinajstić information content (AvgIpc) is 3.10. The van der Waals surface area contributed by atoms with Crippen molar-refractivity contribution in [1.29, 1.82) is 0 Å². The number of ether oxygens (including phenoxy) is 1. The van der Waals surface area contributed by atoms with E-state index in [4.69, 9.17) is 11.3 Å². The number of aryl methyl sites for hydroxylation is 3. The molecule has 0 fully saturated rings. The summed E-state index contributed by atoms with van der Waals surface area (Å²) in [5, 5.41) is 13.4. The maximum absolute atomic E-state index is 7.44. The molecule has 0 radical (unpaired) electrons. The van der Waals surface area contributed by atoms with E-state index in [0.717, 1.165) is 29.1 Å². The highest BCUT2D eigenvalue weighted by Gasteiger charge is 2.11. The van der Waals surface area contributed by atoms with Crippen molar-refractivity contribution in [3.05, 3.63) is 58.8 Å². The minimum absolute atomic E-state index is 0.432. The van der Waals surface area contributed by atoms with Crippen LogP contribution in [-0.4, -0.2) is 33.3 Å². The van der Waals surface area contributed by atoms with E-state index >= 15 is 0 Å². The van der Waals surface area contributed by atoms with Crippen LogP contribution < -0.4 is 15.4 Å². The molecule has 3 heterocycles. The summed E-state index contributed by atoms with van der Waals surface area (Å²) < 4.78 is 5.70. The summed E-state index contributed by atoms with van der Waals surface area (Å²) in [7, 11) is 0. The molecule has 3 rings (SSSR count). The Bertz CT molecular complexity index is 973. The van der Waals surface area contributed by atoms with E-state index < -0.39 is 0 Å². The molecule has 0 aromatic carbocycles. The van der Waals surface area contributed by atoms with Gasteiger partial charge in [0.25, 0.3) is 0 Å². The van der Waals surface area contributed by atoms with Crippen molar-refractivity contribution in [3.63, 3.8) is 0 Å². The van der Waals surface area contributed by atoms with E-state index in [-0.39, 0.29) is 0 Å². The number of pyridine rings is 2. The molecule has 0 unspecified atom stereocenters. The Balaban J connectivity index is 1.63. The number of anilines is 3. The Morgan fingerprint density at radius 2 is 2.07 bits per heavy atom. The van der Waals surface area contributed by atoms with Crippen LogP contribution in [0.15, 0.2) is 30.5 Å². The highest BCUT2D eigenvalue weighted by atomic mass is 16.5. The van der Waals surface area contributed by atoms with Gasteiger partial charge in [0.2, 0.25) is 5.69 Å². The lowest BCUT2D eigenvalue weighted by molar-refractivity contribution is 0.331. The molecule has 0 bridgehead atoms. The Labute approximate surface area is 164 Å². The van der Waals surface area contributed by atoms with Gasteiger partial charge >= 0.3 is 0 Å². The van der Waals surface area contributed by atoms with Crippen LogP contribution in [0.3, 0.4) is 0 Å². The molecular formula is C20H23N7O. The van der Waals surface area contributed by atoms with Crippen LogP contribution in [0.25, 0.3) is 4.85 Å². The number of aromatic amines is 1. The maximum Gasteiger partial charge on any atom is 0.231 e. The second kappa shape index (κ2) is 8.86. The van der Waals surface area contributed by atoms with Crippen LogP contribution in [0.4, 0.5) is 23.1 Å². The zero-order valence-electron chi connectivity index (χ0n) is 16.2. The molecule has 0 atom stereocenters. The molecule has 3 aromatic rings.